The molecule has 2 heterocycles. The first-order valence-electron chi connectivity index (χ1n) is 6.40. The van der Waals surface area contributed by atoms with Crippen molar-refractivity contribution in [2.75, 3.05) is 0 Å². The molecular weight excluding hydrogens is 256 g/mol. The molecule has 1 aliphatic rings. The Morgan fingerprint density at radius 1 is 1.05 bits per heavy atom. The highest BCUT2D eigenvalue weighted by atomic mass is 32.1. The third kappa shape index (κ3) is 1.79. The lowest BCUT2D eigenvalue weighted by molar-refractivity contribution is 0.468. The molecule has 1 aliphatic carbocycles. The molecule has 0 spiro atoms. The Morgan fingerprint density at radius 3 is 2.84 bits per heavy atom. The average molecular weight is 268 g/mol. The molecule has 0 atom stereocenters. The van der Waals surface area contributed by atoms with Gasteiger partial charge in [-0.15, -0.1) is 11.3 Å². The fourth-order valence-electron chi connectivity index (χ4n) is 2.58. The Bertz CT molecular complexity index is 736. The van der Waals surface area contributed by atoms with E-state index in [1.165, 1.54) is 23.3 Å². The van der Waals surface area contributed by atoms with Crippen LogP contribution in [0.2, 0.25) is 0 Å². The van der Waals surface area contributed by atoms with Crippen LogP contribution in [0, 0.1) is 0 Å². The van der Waals surface area contributed by atoms with Gasteiger partial charge in [0.2, 0.25) is 5.88 Å². The summed E-state index contributed by atoms with van der Waals surface area (Å²) in [4.78, 5) is 11.2. The first-order valence-corrected chi connectivity index (χ1v) is 7.21. The van der Waals surface area contributed by atoms with Crippen LogP contribution in [0.4, 0.5) is 0 Å². The molecule has 4 rings (SSSR count). The van der Waals surface area contributed by atoms with Gasteiger partial charge in [-0.25, -0.2) is 9.97 Å². The average Bonchev–Trinajstić information content (AvgIpc) is 3.00. The molecule has 19 heavy (non-hydrogen) atoms. The SMILES string of the molecule is c1ccc(Oc2ncnc3sc4c(c23)CCC4)cc1. The van der Waals surface area contributed by atoms with Gasteiger partial charge in [0, 0.05) is 4.88 Å². The smallest absolute Gasteiger partial charge is 0.231 e. The Kier molecular flexibility index (Phi) is 2.48. The van der Waals surface area contributed by atoms with Crippen molar-refractivity contribution in [3.63, 3.8) is 0 Å². The van der Waals surface area contributed by atoms with Gasteiger partial charge in [0.15, 0.2) is 0 Å². The molecule has 0 aliphatic heterocycles. The van der Waals surface area contributed by atoms with Gasteiger partial charge in [0.25, 0.3) is 0 Å². The van der Waals surface area contributed by atoms with E-state index in [-0.39, 0.29) is 0 Å². The Labute approximate surface area is 114 Å². The lowest BCUT2D eigenvalue weighted by Gasteiger charge is -2.06. The highest BCUT2D eigenvalue weighted by Crippen LogP contribution is 2.40. The maximum Gasteiger partial charge on any atom is 0.231 e. The number of aromatic nitrogens is 2. The molecule has 0 fully saturated rings. The maximum atomic E-state index is 5.93. The number of benzene rings is 1. The summed E-state index contributed by atoms with van der Waals surface area (Å²) in [6.07, 6.45) is 5.11. The molecule has 0 amide bonds. The maximum absolute atomic E-state index is 5.93. The van der Waals surface area contributed by atoms with E-state index < -0.39 is 0 Å². The number of hydrogen-bond acceptors (Lipinski definition) is 4. The lowest BCUT2D eigenvalue weighted by atomic mass is 10.2. The topological polar surface area (TPSA) is 35.0 Å². The van der Waals surface area contributed by atoms with Crippen LogP contribution in [-0.2, 0) is 12.8 Å². The van der Waals surface area contributed by atoms with Crippen molar-refractivity contribution < 1.29 is 4.74 Å². The lowest BCUT2D eigenvalue weighted by Crippen LogP contribution is -1.91. The molecule has 0 saturated carbocycles. The fourth-order valence-corrected chi connectivity index (χ4v) is 3.80. The van der Waals surface area contributed by atoms with Gasteiger partial charge in [0.1, 0.15) is 16.9 Å². The molecule has 0 unspecified atom stereocenters. The minimum absolute atomic E-state index is 0.690. The van der Waals surface area contributed by atoms with Gasteiger partial charge < -0.3 is 4.74 Å². The van der Waals surface area contributed by atoms with Gasteiger partial charge in [-0.3, -0.25) is 0 Å². The molecule has 3 aromatic rings. The monoisotopic (exact) mass is 268 g/mol. The van der Waals surface area contributed by atoms with Crippen LogP contribution in [-0.4, -0.2) is 9.97 Å². The van der Waals surface area contributed by atoms with Crippen LogP contribution in [0.1, 0.15) is 16.9 Å². The van der Waals surface area contributed by atoms with Crippen LogP contribution < -0.4 is 4.74 Å². The summed E-state index contributed by atoms with van der Waals surface area (Å²) in [6, 6.07) is 9.79. The summed E-state index contributed by atoms with van der Waals surface area (Å²) >= 11 is 1.78. The summed E-state index contributed by atoms with van der Waals surface area (Å²) in [5.74, 6) is 1.51. The minimum Gasteiger partial charge on any atom is -0.438 e. The van der Waals surface area contributed by atoms with Gasteiger partial charge >= 0.3 is 0 Å². The van der Waals surface area contributed by atoms with E-state index in [1.54, 1.807) is 17.7 Å². The highest BCUT2D eigenvalue weighted by Gasteiger charge is 2.21. The number of ether oxygens (including phenoxy) is 1. The zero-order valence-electron chi connectivity index (χ0n) is 10.3. The zero-order valence-corrected chi connectivity index (χ0v) is 11.1. The van der Waals surface area contributed by atoms with Gasteiger partial charge in [-0.05, 0) is 37.0 Å². The standard InChI is InChI=1S/C15H12N2OS/c1-2-5-10(6-3-1)18-14-13-11-7-4-8-12(11)19-15(13)17-9-16-14/h1-3,5-6,9H,4,7-8H2. The quantitative estimate of drug-likeness (QED) is 0.705. The molecule has 1 aromatic carbocycles. The number of nitrogens with zero attached hydrogens (tertiary/aromatic N) is 2. The minimum atomic E-state index is 0.690. The number of para-hydroxylation sites is 1. The van der Waals surface area contributed by atoms with E-state index in [1.807, 2.05) is 30.3 Å². The van der Waals surface area contributed by atoms with E-state index in [2.05, 4.69) is 9.97 Å². The fraction of sp³-hybridized carbons (Fsp3) is 0.200. The largest absolute Gasteiger partial charge is 0.438 e. The van der Waals surface area contributed by atoms with Crippen LogP contribution in [0.25, 0.3) is 10.2 Å². The Hall–Kier alpha value is -1.94. The second kappa shape index (κ2) is 4.31. The number of rotatable bonds is 2. The number of aryl methyl sites for hydroxylation is 2. The second-order valence-electron chi connectivity index (χ2n) is 4.63. The van der Waals surface area contributed by atoms with Crippen LogP contribution >= 0.6 is 11.3 Å². The van der Waals surface area contributed by atoms with Crippen molar-refractivity contribution in [1.29, 1.82) is 0 Å². The number of hydrogen-bond donors (Lipinski definition) is 0. The summed E-state index contributed by atoms with van der Waals surface area (Å²) in [6.45, 7) is 0. The molecule has 0 radical (unpaired) electrons. The molecule has 3 nitrogen and oxygen atoms in total. The zero-order chi connectivity index (χ0) is 12.7. The molecular formula is C15H12N2OS. The van der Waals surface area contributed by atoms with E-state index >= 15 is 0 Å². The Morgan fingerprint density at radius 2 is 1.95 bits per heavy atom. The number of thiophene rings is 1. The predicted molar refractivity (Wildman–Crippen MR) is 76.0 cm³/mol. The molecule has 2 aromatic heterocycles. The molecule has 0 saturated heterocycles. The van der Waals surface area contributed by atoms with Crippen molar-refractivity contribution in [3.8, 4) is 11.6 Å². The first-order chi connectivity index (χ1) is 9.42. The van der Waals surface area contributed by atoms with E-state index in [0.717, 1.165) is 22.4 Å². The van der Waals surface area contributed by atoms with E-state index in [0.29, 0.717) is 5.88 Å². The van der Waals surface area contributed by atoms with Crippen molar-refractivity contribution >= 4 is 21.6 Å². The van der Waals surface area contributed by atoms with Crippen LogP contribution in [0.15, 0.2) is 36.7 Å². The van der Waals surface area contributed by atoms with E-state index in [4.69, 9.17) is 4.74 Å². The summed E-state index contributed by atoms with van der Waals surface area (Å²) in [7, 11) is 0. The van der Waals surface area contributed by atoms with Crippen LogP contribution in [0.5, 0.6) is 11.6 Å². The normalized spacial score (nSPS) is 13.7. The molecule has 4 heteroatoms. The summed E-state index contributed by atoms with van der Waals surface area (Å²) in [5, 5.41) is 1.11. The number of fused-ring (bicyclic) bond motifs is 3. The molecule has 94 valence electrons. The highest BCUT2D eigenvalue weighted by molar-refractivity contribution is 7.18. The van der Waals surface area contributed by atoms with Gasteiger partial charge in [0.05, 0.1) is 5.39 Å². The van der Waals surface area contributed by atoms with Gasteiger partial charge in [-0.2, -0.15) is 0 Å². The van der Waals surface area contributed by atoms with Crippen molar-refractivity contribution in [2.24, 2.45) is 0 Å². The second-order valence-corrected chi connectivity index (χ2v) is 5.72. The third-order valence-electron chi connectivity index (χ3n) is 3.42. The third-order valence-corrected chi connectivity index (χ3v) is 4.62. The molecule has 0 bridgehead atoms. The predicted octanol–water partition coefficient (Wildman–Crippen LogP) is 3.97. The van der Waals surface area contributed by atoms with Crippen molar-refractivity contribution in [3.05, 3.63) is 47.1 Å². The summed E-state index contributed by atoms with van der Waals surface area (Å²) in [5.41, 5.74) is 1.39. The van der Waals surface area contributed by atoms with Crippen molar-refractivity contribution in [2.45, 2.75) is 19.3 Å². The first kappa shape index (κ1) is 10.9. The summed E-state index contributed by atoms with van der Waals surface area (Å²) < 4.78 is 5.93. The van der Waals surface area contributed by atoms with Crippen LogP contribution in [0.3, 0.4) is 0 Å². The molecule has 0 N–H and O–H groups in total. The van der Waals surface area contributed by atoms with Crippen molar-refractivity contribution in [1.82, 2.24) is 9.97 Å². The van der Waals surface area contributed by atoms with Gasteiger partial charge in [-0.1, -0.05) is 18.2 Å². The Balaban J connectivity index is 1.86. The van der Waals surface area contributed by atoms with E-state index in [9.17, 15) is 0 Å².